The number of H-pyrrole nitrogens is 1. The molecule has 0 saturated heterocycles. The van der Waals surface area contributed by atoms with Crippen LogP contribution in [-0.4, -0.2) is 22.6 Å². The van der Waals surface area contributed by atoms with E-state index >= 15 is 0 Å². The van der Waals surface area contributed by atoms with Crippen molar-refractivity contribution in [3.05, 3.63) is 17.5 Å². The fraction of sp³-hybridized carbons (Fsp3) is 0.692. The third-order valence-corrected chi connectivity index (χ3v) is 3.94. The van der Waals surface area contributed by atoms with Gasteiger partial charge in [-0.25, -0.2) is 0 Å². The van der Waals surface area contributed by atoms with Crippen LogP contribution in [0, 0.1) is 18.8 Å². The van der Waals surface area contributed by atoms with Gasteiger partial charge in [-0.05, 0) is 45.1 Å². The standard InChI is InChI=1S/C13H22N4O/c1-9-12(8-16-17-9)7-15-13(18)11-4-2-10(6-14)3-5-11/h8,10-11H,2-7,14H2,1H3,(H,15,18)(H,16,17). The minimum absolute atomic E-state index is 0.167. The summed E-state index contributed by atoms with van der Waals surface area (Å²) in [6.45, 7) is 3.28. The van der Waals surface area contributed by atoms with Crippen molar-refractivity contribution in [1.82, 2.24) is 15.5 Å². The number of amides is 1. The first-order valence-corrected chi connectivity index (χ1v) is 6.67. The Morgan fingerprint density at radius 3 is 2.78 bits per heavy atom. The summed E-state index contributed by atoms with van der Waals surface area (Å²) in [5.41, 5.74) is 7.72. The quantitative estimate of drug-likeness (QED) is 0.748. The molecule has 18 heavy (non-hydrogen) atoms. The zero-order chi connectivity index (χ0) is 13.0. The van der Waals surface area contributed by atoms with Gasteiger partial charge in [0.05, 0.1) is 6.20 Å². The smallest absolute Gasteiger partial charge is 0.223 e. The van der Waals surface area contributed by atoms with Crippen molar-refractivity contribution in [3.63, 3.8) is 0 Å². The molecule has 0 bridgehead atoms. The fourth-order valence-electron chi connectivity index (χ4n) is 2.54. The van der Waals surface area contributed by atoms with E-state index in [0.29, 0.717) is 12.5 Å². The minimum Gasteiger partial charge on any atom is -0.352 e. The molecule has 0 spiro atoms. The van der Waals surface area contributed by atoms with Crippen molar-refractivity contribution < 1.29 is 4.79 Å². The lowest BCUT2D eigenvalue weighted by atomic mass is 9.81. The number of aryl methyl sites for hydroxylation is 1. The van der Waals surface area contributed by atoms with Crippen LogP contribution in [0.4, 0.5) is 0 Å². The molecule has 1 aromatic rings. The molecule has 1 heterocycles. The molecular weight excluding hydrogens is 228 g/mol. The van der Waals surface area contributed by atoms with E-state index in [2.05, 4.69) is 15.5 Å². The van der Waals surface area contributed by atoms with Gasteiger partial charge in [-0.15, -0.1) is 0 Å². The molecule has 0 radical (unpaired) electrons. The molecule has 1 saturated carbocycles. The van der Waals surface area contributed by atoms with E-state index < -0.39 is 0 Å². The minimum atomic E-state index is 0.167. The second kappa shape index (κ2) is 6.00. The van der Waals surface area contributed by atoms with Crippen molar-refractivity contribution >= 4 is 5.91 Å². The first-order chi connectivity index (χ1) is 8.70. The summed E-state index contributed by atoms with van der Waals surface area (Å²) >= 11 is 0. The predicted octanol–water partition coefficient (Wildman–Crippen LogP) is 1.10. The summed E-state index contributed by atoms with van der Waals surface area (Å²) in [5, 5.41) is 9.81. The number of nitrogens with two attached hydrogens (primary N) is 1. The van der Waals surface area contributed by atoms with Gasteiger partial charge in [0.1, 0.15) is 0 Å². The zero-order valence-corrected chi connectivity index (χ0v) is 10.9. The van der Waals surface area contributed by atoms with Crippen LogP contribution < -0.4 is 11.1 Å². The van der Waals surface area contributed by atoms with Crippen LogP contribution in [0.2, 0.25) is 0 Å². The van der Waals surface area contributed by atoms with Crippen molar-refractivity contribution in [2.75, 3.05) is 6.54 Å². The average molecular weight is 250 g/mol. The number of aromatic amines is 1. The second-order valence-electron chi connectivity index (χ2n) is 5.19. The maximum absolute atomic E-state index is 12.0. The lowest BCUT2D eigenvalue weighted by Crippen LogP contribution is -2.34. The summed E-state index contributed by atoms with van der Waals surface area (Å²) in [6.07, 6.45) is 5.87. The molecule has 2 rings (SSSR count). The van der Waals surface area contributed by atoms with Gasteiger partial charge in [-0.2, -0.15) is 5.10 Å². The number of nitrogens with zero attached hydrogens (tertiary/aromatic N) is 1. The lowest BCUT2D eigenvalue weighted by Gasteiger charge is -2.26. The molecule has 0 unspecified atom stereocenters. The van der Waals surface area contributed by atoms with Crippen LogP contribution in [-0.2, 0) is 11.3 Å². The first kappa shape index (κ1) is 13.1. The number of carbonyl (C=O) groups excluding carboxylic acids is 1. The van der Waals surface area contributed by atoms with Gasteiger partial charge in [-0.1, -0.05) is 0 Å². The van der Waals surface area contributed by atoms with Gasteiger partial charge in [0, 0.05) is 23.7 Å². The Morgan fingerprint density at radius 2 is 2.22 bits per heavy atom. The number of aromatic nitrogens is 2. The Labute approximate surface area is 108 Å². The fourth-order valence-corrected chi connectivity index (χ4v) is 2.54. The van der Waals surface area contributed by atoms with Crippen molar-refractivity contribution in [1.29, 1.82) is 0 Å². The predicted molar refractivity (Wildman–Crippen MR) is 69.7 cm³/mol. The second-order valence-corrected chi connectivity index (χ2v) is 5.19. The molecule has 5 heteroatoms. The number of hydrogen-bond donors (Lipinski definition) is 3. The molecule has 100 valence electrons. The van der Waals surface area contributed by atoms with Crippen LogP contribution in [0.1, 0.15) is 36.9 Å². The molecule has 5 nitrogen and oxygen atoms in total. The van der Waals surface area contributed by atoms with Crippen LogP contribution in [0.3, 0.4) is 0 Å². The Morgan fingerprint density at radius 1 is 1.50 bits per heavy atom. The van der Waals surface area contributed by atoms with Crippen molar-refractivity contribution in [3.8, 4) is 0 Å². The number of hydrogen-bond acceptors (Lipinski definition) is 3. The Balaban J connectivity index is 1.77. The highest BCUT2D eigenvalue weighted by Crippen LogP contribution is 2.28. The normalized spacial score (nSPS) is 23.9. The monoisotopic (exact) mass is 250 g/mol. The molecule has 0 atom stereocenters. The topological polar surface area (TPSA) is 83.8 Å². The van der Waals surface area contributed by atoms with Gasteiger partial charge in [0.2, 0.25) is 5.91 Å². The van der Waals surface area contributed by atoms with Gasteiger partial charge in [0.15, 0.2) is 0 Å². The zero-order valence-electron chi connectivity index (χ0n) is 10.9. The molecule has 1 aliphatic carbocycles. The molecule has 1 fully saturated rings. The van der Waals surface area contributed by atoms with E-state index in [4.69, 9.17) is 5.73 Å². The van der Waals surface area contributed by atoms with Crippen LogP contribution >= 0.6 is 0 Å². The first-order valence-electron chi connectivity index (χ1n) is 6.67. The number of rotatable bonds is 4. The summed E-state index contributed by atoms with van der Waals surface area (Å²) in [6, 6.07) is 0. The maximum Gasteiger partial charge on any atom is 0.223 e. The van der Waals surface area contributed by atoms with Crippen LogP contribution in [0.5, 0.6) is 0 Å². The third-order valence-electron chi connectivity index (χ3n) is 3.94. The van der Waals surface area contributed by atoms with E-state index in [9.17, 15) is 4.79 Å². The highest BCUT2D eigenvalue weighted by Gasteiger charge is 2.25. The number of carbonyl (C=O) groups is 1. The molecule has 1 amide bonds. The van der Waals surface area contributed by atoms with E-state index in [1.165, 1.54) is 0 Å². The van der Waals surface area contributed by atoms with E-state index in [0.717, 1.165) is 43.5 Å². The highest BCUT2D eigenvalue weighted by atomic mass is 16.1. The molecule has 1 aromatic heterocycles. The van der Waals surface area contributed by atoms with Crippen LogP contribution in [0.15, 0.2) is 6.20 Å². The largest absolute Gasteiger partial charge is 0.352 e. The van der Waals surface area contributed by atoms with Crippen molar-refractivity contribution in [2.24, 2.45) is 17.6 Å². The van der Waals surface area contributed by atoms with E-state index in [1.54, 1.807) is 6.20 Å². The summed E-state index contributed by atoms with van der Waals surface area (Å²) in [4.78, 5) is 12.0. The lowest BCUT2D eigenvalue weighted by molar-refractivity contribution is -0.126. The van der Waals surface area contributed by atoms with Gasteiger partial charge in [0.25, 0.3) is 0 Å². The Hall–Kier alpha value is -1.36. The molecular formula is C13H22N4O. The van der Waals surface area contributed by atoms with Crippen LogP contribution in [0.25, 0.3) is 0 Å². The Bertz CT molecular complexity index is 393. The third kappa shape index (κ3) is 3.10. The van der Waals surface area contributed by atoms with E-state index in [-0.39, 0.29) is 11.8 Å². The highest BCUT2D eigenvalue weighted by molar-refractivity contribution is 5.78. The summed E-state index contributed by atoms with van der Waals surface area (Å²) < 4.78 is 0. The summed E-state index contributed by atoms with van der Waals surface area (Å²) in [7, 11) is 0. The number of nitrogens with one attached hydrogen (secondary N) is 2. The van der Waals surface area contributed by atoms with Gasteiger partial charge < -0.3 is 11.1 Å². The average Bonchev–Trinajstić information content (AvgIpc) is 2.81. The van der Waals surface area contributed by atoms with Gasteiger partial charge in [-0.3, -0.25) is 9.89 Å². The molecule has 1 aliphatic rings. The maximum atomic E-state index is 12.0. The van der Waals surface area contributed by atoms with Gasteiger partial charge >= 0.3 is 0 Å². The van der Waals surface area contributed by atoms with E-state index in [1.807, 2.05) is 6.92 Å². The molecule has 0 aromatic carbocycles. The van der Waals surface area contributed by atoms with Crippen molar-refractivity contribution in [2.45, 2.75) is 39.2 Å². The molecule has 4 N–H and O–H groups in total. The molecule has 0 aliphatic heterocycles. The summed E-state index contributed by atoms with van der Waals surface area (Å²) in [5.74, 6) is 0.955. The Kier molecular flexibility index (Phi) is 4.36. The SMILES string of the molecule is Cc1[nH]ncc1CNC(=O)C1CCC(CN)CC1.